The predicted molar refractivity (Wildman–Crippen MR) is 141 cm³/mol. The molecule has 3 atom stereocenters. The van der Waals surface area contributed by atoms with Crippen molar-refractivity contribution in [2.24, 2.45) is 0 Å². The van der Waals surface area contributed by atoms with Crippen LogP contribution in [-0.2, 0) is 19.5 Å². The molecule has 1 fully saturated rings. The topological polar surface area (TPSA) is 140 Å². The van der Waals surface area contributed by atoms with Crippen LogP contribution in [0.1, 0.15) is 50.9 Å². The lowest BCUT2D eigenvalue weighted by Gasteiger charge is -2.25. The molecule has 206 valence electrons. The molecule has 1 aromatic carbocycles. The summed E-state index contributed by atoms with van der Waals surface area (Å²) in [5.41, 5.74) is 0.464. The molecule has 3 heterocycles. The summed E-state index contributed by atoms with van der Waals surface area (Å²) in [6, 6.07) is 5.27. The van der Waals surface area contributed by atoms with E-state index in [1.54, 1.807) is 36.6 Å². The van der Waals surface area contributed by atoms with E-state index in [1.807, 2.05) is 0 Å². The lowest BCUT2D eigenvalue weighted by Crippen LogP contribution is -2.35. The van der Waals surface area contributed by atoms with E-state index in [1.165, 1.54) is 33.5 Å². The first-order chi connectivity index (χ1) is 18.2. The smallest absolute Gasteiger partial charge is 0.243 e. The number of sulfonamides is 1. The first-order valence-corrected chi connectivity index (χ1v) is 14.0. The monoisotopic (exact) mass is 566 g/mol. The van der Waals surface area contributed by atoms with Crippen molar-refractivity contribution >= 4 is 27.6 Å². The molecule has 0 unspecified atom stereocenters. The van der Waals surface area contributed by atoms with Crippen molar-refractivity contribution in [1.29, 1.82) is 0 Å². The van der Waals surface area contributed by atoms with Gasteiger partial charge in [-0.15, -0.1) is 10.2 Å². The second kappa shape index (κ2) is 11.8. The number of methoxy groups -OCH3 is 2. The van der Waals surface area contributed by atoms with Crippen molar-refractivity contribution < 1.29 is 27.4 Å². The third-order valence-corrected chi connectivity index (χ3v) is 7.96. The number of nitrogens with one attached hydrogen (secondary N) is 1. The lowest BCUT2D eigenvalue weighted by atomic mass is 10.1. The Labute approximate surface area is 226 Å². The van der Waals surface area contributed by atoms with Crippen LogP contribution < -0.4 is 14.2 Å². The van der Waals surface area contributed by atoms with Crippen LogP contribution in [0.3, 0.4) is 0 Å². The van der Waals surface area contributed by atoms with Gasteiger partial charge < -0.3 is 18.9 Å². The highest BCUT2D eigenvalue weighted by atomic mass is 35.5. The van der Waals surface area contributed by atoms with Crippen molar-refractivity contribution in [3.05, 3.63) is 47.3 Å². The van der Waals surface area contributed by atoms with Gasteiger partial charge in [-0.3, -0.25) is 9.29 Å². The molecule has 0 saturated carbocycles. The van der Waals surface area contributed by atoms with E-state index in [4.69, 9.17) is 30.5 Å². The van der Waals surface area contributed by atoms with Crippen molar-refractivity contribution in [3.8, 4) is 17.2 Å². The van der Waals surface area contributed by atoms with Gasteiger partial charge in [0.25, 0.3) is 0 Å². The van der Waals surface area contributed by atoms with E-state index in [-0.39, 0.29) is 23.8 Å². The molecule has 0 radical (unpaired) electrons. The highest BCUT2D eigenvalue weighted by Gasteiger charge is 2.37. The summed E-state index contributed by atoms with van der Waals surface area (Å²) < 4.78 is 54.4. The van der Waals surface area contributed by atoms with Gasteiger partial charge in [0.15, 0.2) is 5.82 Å². The second-order valence-corrected chi connectivity index (χ2v) is 11.5. The van der Waals surface area contributed by atoms with Gasteiger partial charge in [-0.25, -0.2) is 18.4 Å². The average Bonchev–Trinajstić information content (AvgIpc) is 3.56. The Kier molecular flexibility index (Phi) is 8.71. The average molecular weight is 567 g/mol. The van der Waals surface area contributed by atoms with Crippen LogP contribution in [0.15, 0.2) is 30.6 Å². The second-order valence-electron chi connectivity index (χ2n) is 9.01. The maximum Gasteiger partial charge on any atom is 0.243 e. The number of benzene rings is 1. The van der Waals surface area contributed by atoms with Crippen LogP contribution in [0, 0.1) is 0 Å². The fourth-order valence-electron chi connectivity index (χ4n) is 4.16. The molecule has 1 saturated heterocycles. The van der Waals surface area contributed by atoms with Gasteiger partial charge in [0.1, 0.15) is 34.4 Å². The molecule has 0 amide bonds. The molecule has 12 nitrogen and oxygen atoms in total. The van der Waals surface area contributed by atoms with Crippen LogP contribution in [-0.4, -0.2) is 71.9 Å². The molecule has 14 heteroatoms. The summed E-state index contributed by atoms with van der Waals surface area (Å²) >= 11 is 5.94. The van der Waals surface area contributed by atoms with Gasteiger partial charge in [0, 0.05) is 24.9 Å². The van der Waals surface area contributed by atoms with Gasteiger partial charge in [-0.1, -0.05) is 17.7 Å². The number of para-hydroxylation sites is 1. The van der Waals surface area contributed by atoms with E-state index in [0.29, 0.717) is 47.7 Å². The maximum atomic E-state index is 13.7. The van der Waals surface area contributed by atoms with E-state index < -0.39 is 21.4 Å². The number of aromatic nitrogens is 5. The first-order valence-electron chi connectivity index (χ1n) is 12.0. The number of halogens is 1. The molecule has 0 spiro atoms. The van der Waals surface area contributed by atoms with Crippen molar-refractivity contribution in [1.82, 2.24) is 24.7 Å². The molecular weight excluding hydrogens is 536 g/mol. The van der Waals surface area contributed by atoms with Crippen LogP contribution in [0.5, 0.6) is 11.5 Å². The minimum Gasteiger partial charge on any atom is -0.494 e. The zero-order chi connectivity index (χ0) is 27.4. The Morgan fingerprint density at radius 3 is 2.32 bits per heavy atom. The van der Waals surface area contributed by atoms with E-state index in [0.717, 1.165) is 0 Å². The third-order valence-electron chi connectivity index (χ3n) is 6.07. The Bertz CT molecular complexity index is 1320. The van der Waals surface area contributed by atoms with Crippen molar-refractivity contribution in [2.75, 3.05) is 32.2 Å². The molecule has 2 aromatic heterocycles. The Morgan fingerprint density at radius 2 is 1.76 bits per heavy atom. The van der Waals surface area contributed by atoms with Gasteiger partial charge in [0.2, 0.25) is 16.0 Å². The summed E-state index contributed by atoms with van der Waals surface area (Å²) in [6.45, 7) is 6.11. The van der Waals surface area contributed by atoms with Crippen molar-refractivity contribution in [2.45, 2.75) is 50.6 Å². The third kappa shape index (κ3) is 5.85. The number of rotatable bonds is 11. The fourth-order valence-corrected chi connectivity index (χ4v) is 5.35. The SMILES string of the molecule is COc1cccc(OC)c1-n1c(NS(=O)(=O)[C@@H](C)[C@@H](OC(C)C)c2ncc(Cl)cn2)nnc1[C@H]1CCOC1. The quantitative estimate of drug-likeness (QED) is 0.366. The first kappa shape index (κ1) is 28.0. The van der Waals surface area contributed by atoms with Crippen LogP contribution >= 0.6 is 11.6 Å². The summed E-state index contributed by atoms with van der Waals surface area (Å²) in [5, 5.41) is 7.79. The normalized spacial score (nSPS) is 17.4. The highest BCUT2D eigenvalue weighted by molar-refractivity contribution is 7.93. The molecule has 4 rings (SSSR count). The number of hydrogen-bond acceptors (Lipinski definition) is 10. The zero-order valence-electron chi connectivity index (χ0n) is 21.8. The van der Waals surface area contributed by atoms with Gasteiger partial charge in [-0.05, 0) is 39.3 Å². The van der Waals surface area contributed by atoms with E-state index >= 15 is 0 Å². The molecule has 1 N–H and O–H groups in total. The minimum absolute atomic E-state index is 0.0260. The molecule has 1 aliphatic heterocycles. The Balaban J connectivity index is 1.78. The van der Waals surface area contributed by atoms with Crippen LogP contribution in [0.25, 0.3) is 5.69 Å². The maximum absolute atomic E-state index is 13.7. The van der Waals surface area contributed by atoms with Crippen LogP contribution in [0.2, 0.25) is 5.02 Å². The number of nitrogens with zero attached hydrogens (tertiary/aromatic N) is 5. The predicted octanol–water partition coefficient (Wildman–Crippen LogP) is 3.53. The highest BCUT2D eigenvalue weighted by Crippen LogP contribution is 2.38. The van der Waals surface area contributed by atoms with Gasteiger partial charge in [0.05, 0.1) is 32.0 Å². The molecule has 0 aliphatic carbocycles. The van der Waals surface area contributed by atoms with Gasteiger partial charge >= 0.3 is 0 Å². The lowest BCUT2D eigenvalue weighted by molar-refractivity contribution is 0.00154. The summed E-state index contributed by atoms with van der Waals surface area (Å²) in [6.07, 6.45) is 2.22. The minimum atomic E-state index is -4.12. The molecular formula is C24H31ClN6O6S. The number of ether oxygens (including phenoxy) is 4. The van der Waals surface area contributed by atoms with Gasteiger partial charge in [-0.2, -0.15) is 0 Å². The molecule has 38 heavy (non-hydrogen) atoms. The van der Waals surface area contributed by atoms with E-state index in [2.05, 4.69) is 24.9 Å². The summed E-state index contributed by atoms with van der Waals surface area (Å²) in [7, 11) is -1.08. The fraction of sp³-hybridized carbons (Fsp3) is 0.500. The largest absolute Gasteiger partial charge is 0.494 e. The Morgan fingerprint density at radius 1 is 1.11 bits per heavy atom. The van der Waals surface area contributed by atoms with Crippen molar-refractivity contribution in [3.63, 3.8) is 0 Å². The standard InChI is InChI=1S/C24H31ClN6O6S/c1-14(2)37-21(22-26-11-17(25)12-27-22)15(3)38(32,33)30-24-29-28-23(16-9-10-36-13-16)31(24)20-18(34-4)7-6-8-19(20)35-5/h6-8,11-12,14-16,21H,9-10,13H2,1-5H3,(H,29,30)/t15-,16-,21+/m0/s1. The molecule has 0 bridgehead atoms. The molecule has 3 aromatic rings. The Hall–Kier alpha value is -3.00. The van der Waals surface area contributed by atoms with Crippen LogP contribution in [0.4, 0.5) is 5.95 Å². The molecule has 1 aliphatic rings. The number of anilines is 1. The summed E-state index contributed by atoms with van der Waals surface area (Å²) in [5.74, 6) is 1.49. The zero-order valence-corrected chi connectivity index (χ0v) is 23.4. The van der Waals surface area contributed by atoms with E-state index in [9.17, 15) is 8.42 Å². The summed E-state index contributed by atoms with van der Waals surface area (Å²) in [4.78, 5) is 8.40. The number of hydrogen-bond donors (Lipinski definition) is 1.